The molecule has 0 bridgehead atoms. The fourth-order valence-corrected chi connectivity index (χ4v) is 10.8. The Morgan fingerprint density at radius 1 is 0.750 bits per heavy atom. The van der Waals surface area contributed by atoms with Gasteiger partial charge in [0.1, 0.15) is 5.01 Å². The fourth-order valence-electron chi connectivity index (χ4n) is 4.87. The molecule has 1 atom stereocenters. The van der Waals surface area contributed by atoms with Crippen LogP contribution in [0.1, 0.15) is 65.4 Å². The lowest BCUT2D eigenvalue weighted by molar-refractivity contribution is 0.111. The van der Waals surface area contributed by atoms with Crippen molar-refractivity contribution in [2.24, 2.45) is 10.2 Å². The van der Waals surface area contributed by atoms with Crippen molar-refractivity contribution >= 4 is 64.1 Å². The fraction of sp³-hybridized carbons (Fsp3) is 0.629. The molecular formula is C35H60N4O5SSi3. The average Bonchev–Trinajstić information content (AvgIpc) is 3.44. The second-order valence-corrected chi connectivity index (χ2v) is 29.1. The van der Waals surface area contributed by atoms with E-state index in [2.05, 4.69) is 102 Å². The van der Waals surface area contributed by atoms with E-state index in [1.807, 2.05) is 30.3 Å². The van der Waals surface area contributed by atoms with Crippen molar-refractivity contribution in [1.29, 1.82) is 0 Å². The molecule has 3 rings (SSSR count). The smallest absolute Gasteiger partial charge is 0.415 e. The van der Waals surface area contributed by atoms with Crippen molar-refractivity contribution in [3.8, 4) is 0 Å². The Labute approximate surface area is 297 Å². The Hall–Kier alpha value is -1.82. The number of azo groups is 1. The predicted molar refractivity (Wildman–Crippen MR) is 209 cm³/mol. The van der Waals surface area contributed by atoms with Crippen LogP contribution in [0.15, 0.2) is 52.7 Å². The number of benzene rings is 2. The highest BCUT2D eigenvalue weighted by Crippen LogP contribution is 2.39. The normalized spacial score (nSPS) is 14.3. The molecule has 9 nitrogen and oxygen atoms in total. The van der Waals surface area contributed by atoms with E-state index in [1.165, 1.54) is 0 Å². The first-order valence-electron chi connectivity index (χ1n) is 16.9. The molecule has 0 aliphatic rings. The highest BCUT2D eigenvalue weighted by atomic mass is 32.1. The van der Waals surface area contributed by atoms with Gasteiger partial charge in [0.2, 0.25) is 0 Å². The van der Waals surface area contributed by atoms with E-state index in [0.717, 1.165) is 51.8 Å². The molecule has 13 heteroatoms. The molecular weight excluding hydrogens is 673 g/mol. The summed E-state index contributed by atoms with van der Waals surface area (Å²) in [6, 6.07) is 14.3. The topological polar surface area (TPSA) is 87.0 Å². The van der Waals surface area contributed by atoms with Crippen molar-refractivity contribution in [2.75, 3.05) is 52.5 Å². The third kappa shape index (κ3) is 9.91. The molecule has 0 aliphatic carbocycles. The Balaban J connectivity index is 1.77. The second-order valence-electron chi connectivity index (χ2n) is 15.3. The van der Waals surface area contributed by atoms with Gasteiger partial charge in [-0.1, -0.05) is 48.5 Å². The van der Waals surface area contributed by atoms with E-state index in [4.69, 9.17) is 27.1 Å². The molecule has 0 saturated heterocycles. The van der Waals surface area contributed by atoms with Gasteiger partial charge in [-0.05, 0) is 85.1 Å². The molecule has 1 unspecified atom stereocenters. The second kappa shape index (κ2) is 16.5. The summed E-state index contributed by atoms with van der Waals surface area (Å²) in [4.78, 5) is 7.26. The Morgan fingerprint density at radius 3 is 1.69 bits per heavy atom. The van der Waals surface area contributed by atoms with E-state index in [9.17, 15) is 0 Å². The monoisotopic (exact) mass is 732 g/mol. The minimum atomic E-state index is -2.89. The highest BCUT2D eigenvalue weighted by Gasteiger charge is 2.49. The van der Waals surface area contributed by atoms with E-state index >= 15 is 0 Å². The van der Waals surface area contributed by atoms with Crippen molar-refractivity contribution < 1.29 is 22.1 Å². The summed E-state index contributed by atoms with van der Waals surface area (Å²) in [5.74, 6) is 0. The molecule has 2 aromatic carbocycles. The Bertz CT molecular complexity index is 1440. The number of aromatic nitrogens is 1. The molecule has 0 aliphatic heterocycles. The minimum Gasteiger partial charge on any atom is -0.415 e. The van der Waals surface area contributed by atoms with Crippen LogP contribution in [0.3, 0.4) is 0 Å². The first-order chi connectivity index (χ1) is 22.3. The summed E-state index contributed by atoms with van der Waals surface area (Å²) >= 11 is 1.62. The summed E-state index contributed by atoms with van der Waals surface area (Å²) in [5.41, 5.74) is 3.56. The zero-order valence-electron chi connectivity index (χ0n) is 31.9. The zero-order chi connectivity index (χ0) is 36.0. The van der Waals surface area contributed by atoms with E-state index < -0.39 is 25.4 Å². The van der Waals surface area contributed by atoms with Crippen LogP contribution in [0.25, 0.3) is 10.2 Å². The van der Waals surface area contributed by atoms with Crippen LogP contribution >= 0.6 is 11.3 Å². The molecule has 0 saturated carbocycles. The quantitative estimate of drug-likeness (QED) is 0.101. The largest absolute Gasteiger partial charge is 0.510 e. The summed E-state index contributed by atoms with van der Waals surface area (Å²) in [6.07, 6.45) is 0.800. The molecule has 268 valence electrons. The third-order valence-electron chi connectivity index (χ3n) is 10.1. The van der Waals surface area contributed by atoms with Gasteiger partial charge >= 0.3 is 8.80 Å². The molecule has 1 heterocycles. The number of rotatable bonds is 17. The zero-order valence-corrected chi connectivity index (χ0v) is 35.7. The lowest BCUT2D eigenvalue weighted by atomic mass is 10.2. The van der Waals surface area contributed by atoms with Crippen LogP contribution in [0.2, 0.25) is 36.3 Å². The first-order valence-corrected chi connectivity index (χ1v) is 25.4. The van der Waals surface area contributed by atoms with E-state index in [1.54, 1.807) is 32.7 Å². The standard InChI is InChI=1S/C35H60N4O5SSi3/c1-15-32(48(40-8,41-9)42-10)33-36-30-21-18-28(26-31(30)45-33)38-37-27-16-19-29(20-17-27)39(22-24-43-46(11,12)34(2,3)4)23-25-44-47(13,14)35(5,6)7/h16-21,26,32H,15,22-25H2,1-14H3. The van der Waals surface area contributed by atoms with Gasteiger partial charge in [0.25, 0.3) is 0 Å². The molecule has 0 radical (unpaired) electrons. The number of anilines is 1. The van der Waals surface area contributed by atoms with Crippen molar-refractivity contribution in [1.82, 2.24) is 4.98 Å². The van der Waals surface area contributed by atoms with Gasteiger partial charge in [-0.25, -0.2) is 4.98 Å². The number of nitrogens with zero attached hydrogens (tertiary/aromatic N) is 4. The molecule has 0 amide bonds. The summed E-state index contributed by atoms with van der Waals surface area (Å²) < 4.78 is 31.5. The van der Waals surface area contributed by atoms with Crippen LogP contribution in [-0.2, 0) is 22.1 Å². The molecule has 3 aromatic rings. The summed E-state index contributed by atoms with van der Waals surface area (Å²) in [7, 11) is -1.65. The Kier molecular flexibility index (Phi) is 13.9. The van der Waals surface area contributed by atoms with Crippen LogP contribution in [-0.4, -0.2) is 78.1 Å². The molecule has 0 N–H and O–H groups in total. The maximum atomic E-state index is 6.55. The maximum Gasteiger partial charge on any atom is 0.510 e. The summed E-state index contributed by atoms with van der Waals surface area (Å²) in [6.45, 7) is 28.0. The summed E-state index contributed by atoms with van der Waals surface area (Å²) in [5, 5.41) is 10.4. The number of hydrogen-bond donors (Lipinski definition) is 0. The third-order valence-corrected chi connectivity index (χ3v) is 23.8. The van der Waals surface area contributed by atoms with E-state index in [-0.39, 0.29) is 15.6 Å². The van der Waals surface area contributed by atoms with Gasteiger partial charge in [-0.15, -0.1) is 11.3 Å². The molecule has 1 aromatic heterocycles. The van der Waals surface area contributed by atoms with Gasteiger partial charge < -0.3 is 27.0 Å². The van der Waals surface area contributed by atoms with Gasteiger partial charge in [0.05, 0.1) is 40.3 Å². The predicted octanol–water partition coefficient (Wildman–Crippen LogP) is 10.5. The van der Waals surface area contributed by atoms with Crippen LogP contribution in [0.4, 0.5) is 17.1 Å². The molecule has 0 fully saturated rings. The van der Waals surface area contributed by atoms with Gasteiger partial charge in [-0.3, -0.25) is 0 Å². The number of thiazole rings is 1. The van der Waals surface area contributed by atoms with Crippen LogP contribution in [0.5, 0.6) is 0 Å². The lowest BCUT2D eigenvalue weighted by Gasteiger charge is -2.38. The highest BCUT2D eigenvalue weighted by molar-refractivity contribution is 7.19. The average molecular weight is 733 g/mol. The van der Waals surface area contributed by atoms with Crippen LogP contribution in [0, 0.1) is 0 Å². The lowest BCUT2D eigenvalue weighted by Crippen LogP contribution is -2.49. The Morgan fingerprint density at radius 2 is 1.23 bits per heavy atom. The van der Waals surface area contributed by atoms with Gasteiger partial charge in [0, 0.05) is 40.1 Å². The number of fused-ring (bicyclic) bond motifs is 1. The van der Waals surface area contributed by atoms with E-state index in [0.29, 0.717) is 13.2 Å². The number of hydrogen-bond acceptors (Lipinski definition) is 10. The molecule has 0 spiro atoms. The SMILES string of the molecule is CCC(c1nc2ccc(N=Nc3ccc(N(CCO[Si](C)(C)C(C)(C)C)CCO[Si](C)(C)C(C)(C)C)cc3)cc2s1)[Si](OC)(OC)OC. The van der Waals surface area contributed by atoms with Crippen molar-refractivity contribution in [3.63, 3.8) is 0 Å². The van der Waals surface area contributed by atoms with Crippen molar-refractivity contribution in [3.05, 3.63) is 47.5 Å². The van der Waals surface area contributed by atoms with Gasteiger partial charge in [0.15, 0.2) is 16.6 Å². The maximum absolute atomic E-state index is 6.55. The van der Waals surface area contributed by atoms with Crippen LogP contribution < -0.4 is 4.90 Å². The molecule has 48 heavy (non-hydrogen) atoms. The minimum absolute atomic E-state index is 0.0460. The van der Waals surface area contributed by atoms with Crippen molar-refractivity contribution in [2.45, 2.75) is 96.7 Å². The van der Waals surface area contributed by atoms with Gasteiger partial charge in [-0.2, -0.15) is 10.2 Å². The first kappa shape index (κ1) is 40.6.